The molecule has 3 heteroatoms. The van der Waals surface area contributed by atoms with Crippen LogP contribution in [-0.2, 0) is 9.53 Å². The maximum absolute atomic E-state index is 11.9. The van der Waals surface area contributed by atoms with E-state index in [1.165, 1.54) is 0 Å². The van der Waals surface area contributed by atoms with Gasteiger partial charge in [0, 0.05) is 31.6 Å². The lowest BCUT2D eigenvalue weighted by Gasteiger charge is -2.28. The van der Waals surface area contributed by atoms with Gasteiger partial charge in [-0.05, 0) is 18.3 Å². The molecule has 3 nitrogen and oxygen atoms in total. The van der Waals surface area contributed by atoms with E-state index < -0.39 is 0 Å². The van der Waals surface area contributed by atoms with Crippen LogP contribution in [0.15, 0.2) is 0 Å². The smallest absolute Gasteiger partial charge is 0.137 e. The van der Waals surface area contributed by atoms with Crippen molar-refractivity contribution in [2.24, 2.45) is 17.1 Å². The highest BCUT2D eigenvalue weighted by atomic mass is 16.5. The van der Waals surface area contributed by atoms with Gasteiger partial charge in [0.15, 0.2) is 0 Å². The topological polar surface area (TPSA) is 52.3 Å². The van der Waals surface area contributed by atoms with E-state index >= 15 is 0 Å². The van der Waals surface area contributed by atoms with Crippen molar-refractivity contribution in [2.45, 2.75) is 46.1 Å². The summed E-state index contributed by atoms with van der Waals surface area (Å²) in [5.74, 6) is 0.507. The molecular weight excluding hydrogens is 190 g/mol. The van der Waals surface area contributed by atoms with E-state index in [0.29, 0.717) is 12.2 Å². The first kappa shape index (κ1) is 12.7. The fraction of sp³-hybridized carbons (Fsp3) is 0.917. The highest BCUT2D eigenvalue weighted by Crippen LogP contribution is 2.24. The Morgan fingerprint density at radius 1 is 1.40 bits per heavy atom. The molecular formula is C12H23NO2. The van der Waals surface area contributed by atoms with E-state index in [-0.39, 0.29) is 17.4 Å². The van der Waals surface area contributed by atoms with Crippen molar-refractivity contribution in [1.82, 2.24) is 0 Å². The van der Waals surface area contributed by atoms with Crippen LogP contribution < -0.4 is 5.73 Å². The summed E-state index contributed by atoms with van der Waals surface area (Å²) in [4.78, 5) is 11.9. The second-order valence-electron chi connectivity index (χ2n) is 5.53. The standard InChI is InChI=1S/C12H23NO2/c1-12(2,3)11(13)8-10(14)9-4-6-15-7-5-9/h9,11H,4-8,13H2,1-3H3. The maximum atomic E-state index is 11.9. The number of ketones is 1. The number of rotatable bonds is 3. The van der Waals surface area contributed by atoms with Crippen LogP contribution >= 0.6 is 0 Å². The molecule has 1 rings (SSSR count). The van der Waals surface area contributed by atoms with E-state index in [2.05, 4.69) is 20.8 Å². The van der Waals surface area contributed by atoms with Crippen molar-refractivity contribution in [3.8, 4) is 0 Å². The second kappa shape index (κ2) is 5.08. The third-order valence-corrected chi connectivity index (χ3v) is 3.21. The number of carbonyl (C=O) groups excluding carboxylic acids is 1. The molecule has 0 aromatic heterocycles. The number of ether oxygens (including phenoxy) is 1. The molecule has 0 spiro atoms. The monoisotopic (exact) mass is 213 g/mol. The van der Waals surface area contributed by atoms with E-state index in [4.69, 9.17) is 10.5 Å². The van der Waals surface area contributed by atoms with Crippen molar-refractivity contribution in [3.63, 3.8) is 0 Å². The summed E-state index contributed by atoms with van der Waals surface area (Å²) in [6.45, 7) is 7.68. The van der Waals surface area contributed by atoms with E-state index in [1.807, 2.05) is 0 Å². The summed E-state index contributed by atoms with van der Waals surface area (Å²) < 4.78 is 5.24. The summed E-state index contributed by atoms with van der Waals surface area (Å²) in [7, 11) is 0. The molecule has 0 aromatic carbocycles. The number of carbonyl (C=O) groups is 1. The first-order valence-electron chi connectivity index (χ1n) is 5.77. The lowest BCUT2D eigenvalue weighted by atomic mass is 9.81. The number of hydrogen-bond acceptors (Lipinski definition) is 3. The Hall–Kier alpha value is -0.410. The van der Waals surface area contributed by atoms with Gasteiger partial charge in [-0.3, -0.25) is 4.79 Å². The predicted octanol–water partition coefficient (Wildman–Crippen LogP) is 1.75. The Kier molecular flexibility index (Phi) is 4.29. The van der Waals surface area contributed by atoms with Crippen molar-refractivity contribution in [3.05, 3.63) is 0 Å². The number of hydrogen-bond donors (Lipinski definition) is 1. The fourth-order valence-corrected chi connectivity index (χ4v) is 1.71. The van der Waals surface area contributed by atoms with Crippen molar-refractivity contribution >= 4 is 5.78 Å². The summed E-state index contributed by atoms with van der Waals surface area (Å²) in [5, 5.41) is 0. The van der Waals surface area contributed by atoms with Gasteiger partial charge in [-0.15, -0.1) is 0 Å². The second-order valence-corrected chi connectivity index (χ2v) is 5.53. The predicted molar refractivity (Wildman–Crippen MR) is 60.6 cm³/mol. The molecule has 1 atom stereocenters. The van der Waals surface area contributed by atoms with Crippen LogP contribution in [0.5, 0.6) is 0 Å². The quantitative estimate of drug-likeness (QED) is 0.777. The Bertz CT molecular complexity index is 214. The highest BCUT2D eigenvalue weighted by molar-refractivity contribution is 5.81. The average Bonchev–Trinajstić information content (AvgIpc) is 2.17. The van der Waals surface area contributed by atoms with Crippen molar-refractivity contribution in [2.75, 3.05) is 13.2 Å². The van der Waals surface area contributed by atoms with Gasteiger partial charge in [-0.2, -0.15) is 0 Å². The minimum Gasteiger partial charge on any atom is -0.381 e. The van der Waals surface area contributed by atoms with Crippen LogP contribution in [0.1, 0.15) is 40.0 Å². The molecule has 0 aliphatic carbocycles. The molecule has 1 saturated heterocycles. The van der Waals surface area contributed by atoms with Crippen LogP contribution in [0.2, 0.25) is 0 Å². The molecule has 88 valence electrons. The normalized spacial score (nSPS) is 21.3. The first-order valence-corrected chi connectivity index (χ1v) is 5.77. The van der Waals surface area contributed by atoms with E-state index in [1.54, 1.807) is 0 Å². The van der Waals surface area contributed by atoms with Crippen LogP contribution in [-0.4, -0.2) is 25.0 Å². The summed E-state index contributed by atoms with van der Waals surface area (Å²) in [6, 6.07) is -0.0344. The molecule has 0 bridgehead atoms. The fourth-order valence-electron chi connectivity index (χ4n) is 1.71. The zero-order valence-corrected chi connectivity index (χ0v) is 10.1. The Morgan fingerprint density at radius 2 is 1.93 bits per heavy atom. The highest BCUT2D eigenvalue weighted by Gasteiger charge is 2.27. The lowest BCUT2D eigenvalue weighted by molar-refractivity contribution is -0.126. The summed E-state index contributed by atoms with van der Waals surface area (Å²) in [5.41, 5.74) is 6.02. The first-order chi connectivity index (χ1) is 6.91. The summed E-state index contributed by atoms with van der Waals surface area (Å²) in [6.07, 6.45) is 2.25. The SMILES string of the molecule is CC(C)(C)C(N)CC(=O)C1CCOCC1. The van der Waals surface area contributed by atoms with Crippen molar-refractivity contribution < 1.29 is 9.53 Å². The average molecular weight is 213 g/mol. The van der Waals surface area contributed by atoms with Crippen LogP contribution in [0.4, 0.5) is 0 Å². The van der Waals surface area contributed by atoms with Gasteiger partial charge in [0.1, 0.15) is 5.78 Å². The number of Topliss-reactive ketones (excluding diaryl/α,β-unsaturated/α-hetero) is 1. The Morgan fingerprint density at radius 3 is 2.40 bits per heavy atom. The molecule has 1 heterocycles. The van der Waals surface area contributed by atoms with Crippen LogP contribution in [0.3, 0.4) is 0 Å². The van der Waals surface area contributed by atoms with E-state index in [9.17, 15) is 4.79 Å². The zero-order valence-electron chi connectivity index (χ0n) is 10.1. The minimum absolute atomic E-state index is 0.0147. The molecule has 1 unspecified atom stereocenters. The van der Waals surface area contributed by atoms with Gasteiger partial charge in [0.25, 0.3) is 0 Å². The maximum Gasteiger partial charge on any atom is 0.137 e. The molecule has 1 fully saturated rings. The van der Waals surface area contributed by atoms with Gasteiger partial charge in [-0.25, -0.2) is 0 Å². The van der Waals surface area contributed by atoms with Crippen molar-refractivity contribution in [1.29, 1.82) is 0 Å². The lowest BCUT2D eigenvalue weighted by Crippen LogP contribution is -2.39. The molecule has 1 aliphatic heterocycles. The molecule has 0 amide bonds. The van der Waals surface area contributed by atoms with Gasteiger partial charge in [0.05, 0.1) is 0 Å². The third kappa shape index (κ3) is 3.92. The summed E-state index contributed by atoms with van der Waals surface area (Å²) >= 11 is 0. The number of nitrogens with two attached hydrogens (primary N) is 1. The van der Waals surface area contributed by atoms with Crippen LogP contribution in [0, 0.1) is 11.3 Å². The van der Waals surface area contributed by atoms with Crippen LogP contribution in [0.25, 0.3) is 0 Å². The van der Waals surface area contributed by atoms with Gasteiger partial charge < -0.3 is 10.5 Å². The van der Waals surface area contributed by atoms with Gasteiger partial charge in [-0.1, -0.05) is 20.8 Å². The molecule has 0 saturated carbocycles. The Labute approximate surface area is 92.4 Å². The molecule has 0 radical (unpaired) electrons. The molecule has 2 N–H and O–H groups in total. The Balaban J connectivity index is 2.40. The molecule has 0 aromatic rings. The molecule has 15 heavy (non-hydrogen) atoms. The molecule has 1 aliphatic rings. The van der Waals surface area contributed by atoms with Gasteiger partial charge >= 0.3 is 0 Å². The largest absolute Gasteiger partial charge is 0.381 e. The van der Waals surface area contributed by atoms with Gasteiger partial charge in [0.2, 0.25) is 0 Å². The van der Waals surface area contributed by atoms with E-state index in [0.717, 1.165) is 26.1 Å². The minimum atomic E-state index is -0.0344. The third-order valence-electron chi connectivity index (χ3n) is 3.21. The zero-order chi connectivity index (χ0) is 11.5.